The molecule has 0 saturated carbocycles. The van der Waals surface area contributed by atoms with E-state index in [0.717, 1.165) is 23.5 Å². The zero-order chi connectivity index (χ0) is 16.3. The van der Waals surface area contributed by atoms with Crippen LogP contribution in [0.2, 0.25) is 0 Å². The number of amides is 2. The number of thiazole rings is 1. The molecule has 1 aromatic heterocycles. The first-order valence-corrected chi connectivity index (χ1v) is 6.85. The van der Waals surface area contributed by atoms with Crippen LogP contribution in [0.4, 0.5) is 18.3 Å². The van der Waals surface area contributed by atoms with E-state index in [4.69, 9.17) is 5.73 Å². The second-order valence-corrected chi connectivity index (χ2v) is 5.14. The number of carbonyl (C=O) groups is 2. The lowest BCUT2D eigenvalue weighted by Gasteiger charge is -2.11. The minimum absolute atomic E-state index is 0.0956. The van der Waals surface area contributed by atoms with Crippen LogP contribution < -0.4 is 11.1 Å². The lowest BCUT2D eigenvalue weighted by atomic mass is 10.1. The third kappa shape index (κ3) is 3.82. The fraction of sp³-hybridized carbons (Fsp3) is 0.154. The average Bonchev–Trinajstić information content (AvgIpc) is 2.84. The molecule has 116 valence electrons. The van der Waals surface area contributed by atoms with E-state index in [0.29, 0.717) is 5.69 Å². The van der Waals surface area contributed by atoms with E-state index in [1.165, 1.54) is 17.5 Å². The Bertz CT molecular complexity index is 713. The standard InChI is InChI=1S/C13H10F3N3O2S/c14-13(15,16)9-4-2-1-3-8(9)11(21)19-12-18-7(6-22-12)5-10(17)20/h1-4,6H,5H2,(H2,17,20)(H,18,19,21). The van der Waals surface area contributed by atoms with E-state index in [1.807, 2.05) is 0 Å². The van der Waals surface area contributed by atoms with Crippen LogP contribution in [0.5, 0.6) is 0 Å². The molecule has 5 nitrogen and oxygen atoms in total. The molecular weight excluding hydrogens is 319 g/mol. The van der Waals surface area contributed by atoms with Gasteiger partial charge in [0.2, 0.25) is 5.91 Å². The molecule has 0 aliphatic carbocycles. The van der Waals surface area contributed by atoms with Gasteiger partial charge in [-0.2, -0.15) is 13.2 Å². The first-order chi connectivity index (χ1) is 10.3. The van der Waals surface area contributed by atoms with Gasteiger partial charge in [0.1, 0.15) is 0 Å². The maximum Gasteiger partial charge on any atom is 0.417 e. The summed E-state index contributed by atoms with van der Waals surface area (Å²) in [6.07, 6.45) is -4.74. The van der Waals surface area contributed by atoms with Crippen molar-refractivity contribution in [1.29, 1.82) is 0 Å². The van der Waals surface area contributed by atoms with Crippen LogP contribution >= 0.6 is 11.3 Å². The summed E-state index contributed by atoms with van der Waals surface area (Å²) in [5, 5.41) is 3.87. The molecule has 1 heterocycles. The molecule has 0 atom stereocenters. The molecule has 0 radical (unpaired) electrons. The van der Waals surface area contributed by atoms with Crippen LogP contribution in [0, 0.1) is 0 Å². The lowest BCUT2D eigenvalue weighted by molar-refractivity contribution is -0.137. The van der Waals surface area contributed by atoms with Crippen molar-refractivity contribution < 1.29 is 22.8 Å². The van der Waals surface area contributed by atoms with Gasteiger partial charge >= 0.3 is 6.18 Å². The number of nitrogens with two attached hydrogens (primary N) is 1. The highest BCUT2D eigenvalue weighted by Gasteiger charge is 2.34. The summed E-state index contributed by atoms with van der Waals surface area (Å²) in [7, 11) is 0. The molecule has 0 spiro atoms. The molecule has 22 heavy (non-hydrogen) atoms. The van der Waals surface area contributed by atoms with Gasteiger partial charge in [0.25, 0.3) is 5.91 Å². The predicted octanol–water partition coefficient (Wildman–Crippen LogP) is 2.44. The van der Waals surface area contributed by atoms with Crippen molar-refractivity contribution in [3.63, 3.8) is 0 Å². The van der Waals surface area contributed by atoms with Crippen molar-refractivity contribution in [2.75, 3.05) is 5.32 Å². The molecule has 2 rings (SSSR count). The first-order valence-electron chi connectivity index (χ1n) is 5.97. The highest BCUT2D eigenvalue weighted by Crippen LogP contribution is 2.32. The second kappa shape index (κ2) is 6.14. The van der Waals surface area contributed by atoms with Crippen molar-refractivity contribution in [3.05, 3.63) is 46.5 Å². The van der Waals surface area contributed by atoms with Crippen LogP contribution in [-0.4, -0.2) is 16.8 Å². The minimum atomic E-state index is -4.63. The Balaban J connectivity index is 2.20. The number of anilines is 1. The van der Waals surface area contributed by atoms with Gasteiger partial charge in [0.15, 0.2) is 5.13 Å². The third-order valence-electron chi connectivity index (χ3n) is 2.60. The van der Waals surface area contributed by atoms with Crippen LogP contribution in [0.25, 0.3) is 0 Å². The summed E-state index contributed by atoms with van der Waals surface area (Å²) >= 11 is 0.996. The molecule has 2 aromatic rings. The highest BCUT2D eigenvalue weighted by atomic mass is 32.1. The summed E-state index contributed by atoms with van der Waals surface area (Å²) in [5.41, 5.74) is 3.83. The van der Waals surface area contributed by atoms with Gasteiger partial charge in [0.05, 0.1) is 23.2 Å². The zero-order valence-electron chi connectivity index (χ0n) is 11.0. The number of rotatable bonds is 4. The van der Waals surface area contributed by atoms with Gasteiger partial charge in [-0.25, -0.2) is 4.98 Å². The Morgan fingerprint density at radius 1 is 1.27 bits per heavy atom. The first kappa shape index (κ1) is 16.0. The van der Waals surface area contributed by atoms with Crippen LogP contribution in [0.1, 0.15) is 21.6 Å². The lowest BCUT2D eigenvalue weighted by Crippen LogP contribution is -2.18. The van der Waals surface area contributed by atoms with Crippen molar-refractivity contribution in [1.82, 2.24) is 4.98 Å². The van der Waals surface area contributed by atoms with Gasteiger partial charge in [-0.1, -0.05) is 12.1 Å². The number of hydrogen-bond acceptors (Lipinski definition) is 4. The zero-order valence-corrected chi connectivity index (χ0v) is 11.8. The quantitative estimate of drug-likeness (QED) is 0.903. The fourth-order valence-corrected chi connectivity index (χ4v) is 2.42. The topological polar surface area (TPSA) is 85.1 Å². The largest absolute Gasteiger partial charge is 0.417 e. The second-order valence-electron chi connectivity index (χ2n) is 4.28. The molecule has 2 amide bonds. The Kier molecular flexibility index (Phi) is 4.45. The van der Waals surface area contributed by atoms with Gasteiger partial charge < -0.3 is 5.73 Å². The smallest absolute Gasteiger partial charge is 0.369 e. The summed E-state index contributed by atoms with van der Waals surface area (Å²) < 4.78 is 38.6. The van der Waals surface area contributed by atoms with Gasteiger partial charge in [-0.3, -0.25) is 14.9 Å². The van der Waals surface area contributed by atoms with E-state index < -0.39 is 29.1 Å². The molecule has 0 unspecified atom stereocenters. The number of hydrogen-bond donors (Lipinski definition) is 2. The summed E-state index contributed by atoms with van der Waals surface area (Å²) in [6.45, 7) is 0. The Morgan fingerprint density at radius 3 is 2.59 bits per heavy atom. The third-order valence-corrected chi connectivity index (χ3v) is 3.41. The number of carbonyl (C=O) groups excluding carboxylic acids is 2. The van der Waals surface area contributed by atoms with Crippen LogP contribution in [0.15, 0.2) is 29.6 Å². The predicted molar refractivity (Wildman–Crippen MR) is 74.4 cm³/mol. The van der Waals surface area contributed by atoms with Crippen LogP contribution in [-0.2, 0) is 17.4 Å². The Hall–Kier alpha value is -2.42. The van der Waals surface area contributed by atoms with E-state index >= 15 is 0 Å². The molecule has 9 heteroatoms. The SMILES string of the molecule is NC(=O)Cc1csc(NC(=O)c2ccccc2C(F)(F)F)n1. The molecule has 0 fully saturated rings. The number of primary amides is 1. The summed E-state index contributed by atoms with van der Waals surface area (Å²) in [6, 6.07) is 4.45. The number of aromatic nitrogens is 1. The molecule has 0 bridgehead atoms. The van der Waals surface area contributed by atoms with E-state index in [-0.39, 0.29) is 11.6 Å². The van der Waals surface area contributed by atoms with Crippen molar-refractivity contribution in [2.45, 2.75) is 12.6 Å². The molecule has 0 saturated heterocycles. The maximum atomic E-state index is 12.9. The summed E-state index contributed by atoms with van der Waals surface area (Å²) in [4.78, 5) is 26.6. The normalized spacial score (nSPS) is 11.2. The number of halogens is 3. The van der Waals surface area contributed by atoms with Gasteiger partial charge in [-0.15, -0.1) is 11.3 Å². The van der Waals surface area contributed by atoms with Crippen molar-refractivity contribution >= 4 is 28.3 Å². The molecule has 0 aliphatic heterocycles. The molecule has 3 N–H and O–H groups in total. The number of nitrogens with zero attached hydrogens (tertiary/aromatic N) is 1. The number of alkyl halides is 3. The Morgan fingerprint density at radius 2 is 1.95 bits per heavy atom. The van der Waals surface area contributed by atoms with E-state index in [2.05, 4.69) is 10.3 Å². The number of benzene rings is 1. The minimum Gasteiger partial charge on any atom is -0.369 e. The van der Waals surface area contributed by atoms with Gasteiger partial charge in [0, 0.05) is 5.38 Å². The monoisotopic (exact) mass is 329 g/mol. The van der Waals surface area contributed by atoms with E-state index in [1.54, 1.807) is 0 Å². The molecule has 0 aliphatic rings. The average molecular weight is 329 g/mol. The fourth-order valence-electron chi connectivity index (χ4n) is 1.72. The van der Waals surface area contributed by atoms with Gasteiger partial charge in [-0.05, 0) is 12.1 Å². The highest BCUT2D eigenvalue weighted by molar-refractivity contribution is 7.14. The maximum absolute atomic E-state index is 12.9. The van der Waals surface area contributed by atoms with Crippen molar-refractivity contribution in [2.24, 2.45) is 5.73 Å². The van der Waals surface area contributed by atoms with Crippen LogP contribution in [0.3, 0.4) is 0 Å². The van der Waals surface area contributed by atoms with E-state index in [9.17, 15) is 22.8 Å². The number of nitrogens with one attached hydrogen (secondary N) is 1. The molecule has 1 aromatic carbocycles. The van der Waals surface area contributed by atoms with Crippen molar-refractivity contribution in [3.8, 4) is 0 Å². The summed E-state index contributed by atoms with van der Waals surface area (Å²) in [5.74, 6) is -1.52. The molecular formula is C13H10F3N3O2S. The Labute approximate surface area is 127 Å².